The number of halogens is 1. The number of hydrogen-bond acceptors (Lipinski definition) is 4. The average molecular weight is 304 g/mol. The number of methoxy groups -OCH3 is 1. The first kappa shape index (κ1) is 13.8. The summed E-state index contributed by atoms with van der Waals surface area (Å²) in [5, 5.41) is 11.4. The molecular weight excluding hydrogens is 290 g/mol. The van der Waals surface area contributed by atoms with Crippen molar-refractivity contribution in [1.29, 1.82) is 0 Å². The molecule has 0 fully saturated rings. The van der Waals surface area contributed by atoms with Crippen LogP contribution in [0, 0.1) is 0 Å². The van der Waals surface area contributed by atoms with E-state index in [1.807, 2.05) is 6.07 Å². The number of aromatic nitrogens is 2. The molecule has 1 N–H and O–H groups in total. The third-order valence-electron chi connectivity index (χ3n) is 3.46. The molecule has 21 heavy (non-hydrogen) atoms. The number of amides is 1. The van der Waals surface area contributed by atoms with Crippen LogP contribution in [0.15, 0.2) is 24.3 Å². The van der Waals surface area contributed by atoms with E-state index in [2.05, 4.69) is 15.5 Å². The smallest absolute Gasteiger partial charge is 0.276 e. The molecule has 0 radical (unpaired) electrons. The number of rotatable bonds is 3. The standard InChI is InChI=1S/C15H14ClN3O2/c1-21-14-6-5-10(16)8-12(14)17-15(20)13-7-9-3-2-4-11(9)18-19-13/h5-8H,2-4H2,1H3,(H,17,20). The van der Waals surface area contributed by atoms with Gasteiger partial charge in [-0.25, -0.2) is 0 Å². The number of nitrogens with one attached hydrogen (secondary N) is 1. The van der Waals surface area contributed by atoms with Crippen molar-refractivity contribution in [2.24, 2.45) is 0 Å². The fourth-order valence-corrected chi connectivity index (χ4v) is 2.58. The molecule has 0 saturated carbocycles. The Labute approximate surface area is 127 Å². The minimum atomic E-state index is -0.322. The molecule has 1 aliphatic rings. The van der Waals surface area contributed by atoms with E-state index in [0.29, 0.717) is 22.2 Å². The highest BCUT2D eigenvalue weighted by Crippen LogP contribution is 2.28. The summed E-state index contributed by atoms with van der Waals surface area (Å²) < 4.78 is 5.20. The summed E-state index contributed by atoms with van der Waals surface area (Å²) in [6.45, 7) is 0. The summed E-state index contributed by atoms with van der Waals surface area (Å²) in [6, 6.07) is 6.85. The number of anilines is 1. The van der Waals surface area contributed by atoms with Crippen molar-refractivity contribution >= 4 is 23.2 Å². The second-order valence-corrected chi connectivity index (χ2v) is 5.29. The molecule has 1 aromatic heterocycles. The van der Waals surface area contributed by atoms with E-state index in [1.165, 1.54) is 7.11 Å². The molecule has 2 aromatic rings. The zero-order valence-electron chi connectivity index (χ0n) is 11.5. The molecule has 5 nitrogen and oxygen atoms in total. The molecular formula is C15H14ClN3O2. The number of carbonyl (C=O) groups excluding carboxylic acids is 1. The highest BCUT2D eigenvalue weighted by Gasteiger charge is 2.17. The second-order valence-electron chi connectivity index (χ2n) is 4.85. The lowest BCUT2D eigenvalue weighted by atomic mass is 10.2. The summed E-state index contributed by atoms with van der Waals surface area (Å²) in [5.41, 5.74) is 2.91. The first-order valence-corrected chi connectivity index (χ1v) is 7.05. The molecule has 1 aromatic carbocycles. The largest absolute Gasteiger partial charge is 0.495 e. The summed E-state index contributed by atoms with van der Waals surface area (Å²) in [6.07, 6.45) is 2.95. The second kappa shape index (κ2) is 5.69. The lowest BCUT2D eigenvalue weighted by molar-refractivity contribution is 0.102. The summed E-state index contributed by atoms with van der Waals surface area (Å²) in [7, 11) is 1.54. The van der Waals surface area contributed by atoms with Gasteiger partial charge in [0, 0.05) is 5.02 Å². The quantitative estimate of drug-likeness (QED) is 0.947. The molecule has 1 aliphatic carbocycles. The molecule has 6 heteroatoms. The Morgan fingerprint density at radius 2 is 2.14 bits per heavy atom. The minimum absolute atomic E-state index is 0.303. The van der Waals surface area contributed by atoms with Gasteiger partial charge in [0.25, 0.3) is 5.91 Å². The maximum atomic E-state index is 12.3. The Morgan fingerprint density at radius 3 is 2.95 bits per heavy atom. The number of fused-ring (bicyclic) bond motifs is 1. The van der Waals surface area contributed by atoms with E-state index in [9.17, 15) is 4.79 Å². The predicted molar refractivity (Wildman–Crippen MR) is 80.0 cm³/mol. The van der Waals surface area contributed by atoms with Crippen molar-refractivity contribution < 1.29 is 9.53 Å². The normalized spacial score (nSPS) is 12.9. The van der Waals surface area contributed by atoms with Gasteiger partial charge in [-0.2, -0.15) is 5.10 Å². The van der Waals surface area contributed by atoms with E-state index in [4.69, 9.17) is 16.3 Å². The van der Waals surface area contributed by atoms with Crippen LogP contribution in [0.25, 0.3) is 0 Å². The van der Waals surface area contributed by atoms with Crippen molar-refractivity contribution in [1.82, 2.24) is 10.2 Å². The van der Waals surface area contributed by atoms with Crippen LogP contribution in [0.2, 0.25) is 5.02 Å². The molecule has 1 amide bonds. The van der Waals surface area contributed by atoms with Gasteiger partial charge in [-0.3, -0.25) is 4.79 Å². The Balaban J connectivity index is 1.85. The van der Waals surface area contributed by atoms with Crippen molar-refractivity contribution in [3.8, 4) is 5.75 Å². The minimum Gasteiger partial charge on any atom is -0.495 e. The highest BCUT2D eigenvalue weighted by molar-refractivity contribution is 6.31. The van der Waals surface area contributed by atoms with E-state index < -0.39 is 0 Å². The van der Waals surface area contributed by atoms with Gasteiger partial charge in [-0.15, -0.1) is 5.10 Å². The monoisotopic (exact) mass is 303 g/mol. The topological polar surface area (TPSA) is 64.1 Å². The Bertz CT molecular complexity index is 703. The molecule has 0 bridgehead atoms. The van der Waals surface area contributed by atoms with Crippen molar-refractivity contribution in [2.75, 3.05) is 12.4 Å². The average Bonchev–Trinajstić information content (AvgIpc) is 2.94. The molecule has 0 unspecified atom stereocenters. The van der Waals surface area contributed by atoms with Crippen LogP contribution in [0.3, 0.4) is 0 Å². The number of aryl methyl sites for hydroxylation is 2. The third-order valence-corrected chi connectivity index (χ3v) is 3.70. The molecule has 3 rings (SSSR count). The van der Waals surface area contributed by atoms with Crippen LogP contribution in [-0.4, -0.2) is 23.2 Å². The van der Waals surface area contributed by atoms with Crippen molar-refractivity contribution in [3.63, 3.8) is 0 Å². The fraction of sp³-hybridized carbons (Fsp3) is 0.267. The zero-order chi connectivity index (χ0) is 14.8. The third kappa shape index (κ3) is 2.83. The first-order chi connectivity index (χ1) is 10.2. The van der Waals surface area contributed by atoms with Crippen LogP contribution < -0.4 is 10.1 Å². The Kier molecular flexibility index (Phi) is 3.75. The van der Waals surface area contributed by atoms with Gasteiger partial charge < -0.3 is 10.1 Å². The zero-order valence-corrected chi connectivity index (χ0v) is 12.3. The number of nitrogens with zero attached hydrogens (tertiary/aromatic N) is 2. The SMILES string of the molecule is COc1ccc(Cl)cc1NC(=O)c1cc2c(nn1)CCC2. The van der Waals surface area contributed by atoms with Gasteiger partial charge in [0.05, 0.1) is 18.5 Å². The number of benzene rings is 1. The van der Waals surface area contributed by atoms with Gasteiger partial charge in [0.15, 0.2) is 5.69 Å². The molecule has 0 aliphatic heterocycles. The van der Waals surface area contributed by atoms with Gasteiger partial charge >= 0.3 is 0 Å². The van der Waals surface area contributed by atoms with Crippen LogP contribution in [0.1, 0.15) is 28.2 Å². The van der Waals surface area contributed by atoms with Gasteiger partial charge in [-0.1, -0.05) is 11.6 Å². The summed E-state index contributed by atoms with van der Waals surface area (Å²) in [4.78, 5) is 12.3. The van der Waals surface area contributed by atoms with Crippen LogP contribution in [-0.2, 0) is 12.8 Å². The summed E-state index contributed by atoms with van der Waals surface area (Å²) >= 11 is 5.95. The van der Waals surface area contributed by atoms with E-state index >= 15 is 0 Å². The van der Waals surface area contributed by atoms with Crippen LogP contribution >= 0.6 is 11.6 Å². The maximum Gasteiger partial charge on any atom is 0.276 e. The van der Waals surface area contributed by atoms with Gasteiger partial charge in [0.1, 0.15) is 5.75 Å². The van der Waals surface area contributed by atoms with Crippen molar-refractivity contribution in [3.05, 3.63) is 46.2 Å². The molecule has 0 saturated heterocycles. The van der Waals surface area contributed by atoms with E-state index in [-0.39, 0.29) is 5.91 Å². The number of carbonyl (C=O) groups is 1. The summed E-state index contributed by atoms with van der Waals surface area (Å²) in [5.74, 6) is 0.222. The van der Waals surface area contributed by atoms with Crippen LogP contribution in [0.4, 0.5) is 5.69 Å². The number of ether oxygens (including phenoxy) is 1. The molecule has 1 heterocycles. The maximum absolute atomic E-state index is 12.3. The molecule has 0 spiro atoms. The lowest BCUT2D eigenvalue weighted by Crippen LogP contribution is -2.15. The van der Waals surface area contributed by atoms with Crippen molar-refractivity contribution in [2.45, 2.75) is 19.3 Å². The fourth-order valence-electron chi connectivity index (χ4n) is 2.40. The lowest BCUT2D eigenvalue weighted by Gasteiger charge is -2.10. The van der Waals surface area contributed by atoms with E-state index in [1.54, 1.807) is 18.2 Å². The van der Waals surface area contributed by atoms with E-state index in [0.717, 1.165) is 30.5 Å². The molecule has 0 atom stereocenters. The molecule has 108 valence electrons. The number of hydrogen-bond donors (Lipinski definition) is 1. The van der Waals surface area contributed by atoms with Gasteiger partial charge in [-0.05, 0) is 49.1 Å². The Hall–Kier alpha value is -2.14. The Morgan fingerprint density at radius 1 is 1.29 bits per heavy atom. The predicted octanol–water partition coefficient (Wildman–Crippen LogP) is 2.88. The highest BCUT2D eigenvalue weighted by atomic mass is 35.5. The van der Waals surface area contributed by atoms with Crippen LogP contribution in [0.5, 0.6) is 5.75 Å². The first-order valence-electron chi connectivity index (χ1n) is 6.68. The van der Waals surface area contributed by atoms with Gasteiger partial charge in [0.2, 0.25) is 0 Å².